The average Bonchev–Trinajstić information content (AvgIpc) is 2.48. The van der Waals surface area contributed by atoms with Gasteiger partial charge in [0.1, 0.15) is 11.8 Å². The Labute approximate surface area is 127 Å². The van der Waals surface area contributed by atoms with Gasteiger partial charge in [-0.3, -0.25) is 0 Å². The highest BCUT2D eigenvalue weighted by Gasteiger charge is 2.08. The smallest absolute Gasteiger partial charge is 0.323 e. The fourth-order valence-corrected chi connectivity index (χ4v) is 1.85. The van der Waals surface area contributed by atoms with Crippen molar-refractivity contribution in [2.75, 3.05) is 17.7 Å². The van der Waals surface area contributed by atoms with E-state index >= 15 is 0 Å². The number of urea groups is 1. The van der Waals surface area contributed by atoms with Crippen molar-refractivity contribution in [3.63, 3.8) is 0 Å². The maximum Gasteiger partial charge on any atom is 0.323 e. The molecule has 106 valence electrons. The minimum absolute atomic E-state index is 0.337. The number of anilines is 2. The number of methoxy groups -OCH3 is 1. The third-order valence-electron chi connectivity index (χ3n) is 2.70. The quantitative estimate of drug-likeness (QED) is 0.904. The molecule has 0 bridgehead atoms. The lowest BCUT2D eigenvalue weighted by molar-refractivity contribution is 0.262. The number of nitrogens with zero attached hydrogens (tertiary/aromatic N) is 1. The molecular weight excluding hydrogens is 290 g/mol. The predicted molar refractivity (Wildman–Crippen MR) is 81.8 cm³/mol. The lowest BCUT2D eigenvalue weighted by atomic mass is 10.2. The number of nitriles is 1. The molecule has 2 rings (SSSR count). The van der Waals surface area contributed by atoms with Crippen molar-refractivity contribution in [2.24, 2.45) is 0 Å². The highest BCUT2D eigenvalue weighted by atomic mass is 35.5. The Hall–Kier alpha value is -2.71. The number of halogens is 1. The Morgan fingerprint density at radius 1 is 1.19 bits per heavy atom. The molecule has 0 aliphatic rings. The van der Waals surface area contributed by atoms with Crippen LogP contribution >= 0.6 is 11.6 Å². The molecular formula is C15H12ClN3O2. The van der Waals surface area contributed by atoms with E-state index in [1.165, 1.54) is 6.07 Å². The van der Waals surface area contributed by atoms with Gasteiger partial charge in [0.05, 0.1) is 18.4 Å². The molecule has 0 atom stereocenters. The van der Waals surface area contributed by atoms with Crippen molar-refractivity contribution < 1.29 is 9.53 Å². The summed E-state index contributed by atoms with van der Waals surface area (Å²) in [5.74, 6) is 0.697. The molecule has 0 saturated carbocycles. The highest BCUT2D eigenvalue weighted by molar-refractivity contribution is 6.31. The summed E-state index contributed by atoms with van der Waals surface area (Å²) in [5, 5.41) is 14.7. The van der Waals surface area contributed by atoms with Crippen LogP contribution in [0, 0.1) is 11.3 Å². The summed E-state index contributed by atoms with van der Waals surface area (Å²) in [5.41, 5.74) is 1.30. The lowest BCUT2D eigenvalue weighted by Crippen LogP contribution is -2.20. The molecule has 0 radical (unpaired) electrons. The summed E-state index contributed by atoms with van der Waals surface area (Å²) in [4.78, 5) is 11.9. The van der Waals surface area contributed by atoms with Crippen molar-refractivity contribution in [2.45, 2.75) is 0 Å². The predicted octanol–water partition coefficient (Wildman–Crippen LogP) is 3.86. The first-order valence-corrected chi connectivity index (χ1v) is 6.42. The van der Waals surface area contributed by atoms with Crippen LogP contribution in [-0.4, -0.2) is 13.1 Å². The van der Waals surface area contributed by atoms with Crippen LogP contribution in [0.4, 0.5) is 16.2 Å². The Morgan fingerprint density at radius 2 is 1.90 bits per heavy atom. The standard InChI is InChI=1S/C15H12ClN3O2/c1-21-13-6-4-12(5-7-13)18-15(20)19-14-8-11(16)3-2-10(14)9-17/h2-8H,1H3,(H2,18,19,20). The fraction of sp³-hybridized carbons (Fsp3) is 0.0667. The van der Waals surface area contributed by atoms with E-state index in [1.807, 2.05) is 6.07 Å². The third-order valence-corrected chi connectivity index (χ3v) is 2.93. The summed E-state index contributed by atoms with van der Waals surface area (Å²) >= 11 is 5.86. The third kappa shape index (κ3) is 3.88. The van der Waals surface area contributed by atoms with Crippen LogP contribution < -0.4 is 15.4 Å². The number of carbonyl (C=O) groups excluding carboxylic acids is 1. The van der Waals surface area contributed by atoms with Crippen LogP contribution in [0.3, 0.4) is 0 Å². The van der Waals surface area contributed by atoms with Gasteiger partial charge in [-0.25, -0.2) is 4.79 Å². The number of hydrogen-bond donors (Lipinski definition) is 2. The number of nitrogens with one attached hydrogen (secondary N) is 2. The average molecular weight is 302 g/mol. The highest BCUT2D eigenvalue weighted by Crippen LogP contribution is 2.21. The molecule has 2 aromatic rings. The molecule has 0 aliphatic heterocycles. The van der Waals surface area contributed by atoms with Gasteiger partial charge < -0.3 is 15.4 Å². The monoisotopic (exact) mass is 301 g/mol. The number of hydrogen-bond acceptors (Lipinski definition) is 3. The maximum absolute atomic E-state index is 11.9. The topological polar surface area (TPSA) is 74.2 Å². The molecule has 5 nitrogen and oxygen atoms in total. The van der Waals surface area contributed by atoms with Crippen LogP contribution in [-0.2, 0) is 0 Å². The SMILES string of the molecule is COc1ccc(NC(=O)Nc2cc(Cl)ccc2C#N)cc1. The number of ether oxygens (including phenoxy) is 1. The Balaban J connectivity index is 2.08. The van der Waals surface area contributed by atoms with Crippen LogP contribution in [0.1, 0.15) is 5.56 Å². The van der Waals surface area contributed by atoms with Crippen LogP contribution in [0.15, 0.2) is 42.5 Å². The van der Waals surface area contributed by atoms with Crippen molar-refractivity contribution in [3.05, 3.63) is 53.1 Å². The largest absolute Gasteiger partial charge is 0.497 e. The molecule has 0 fully saturated rings. The van der Waals surface area contributed by atoms with E-state index in [1.54, 1.807) is 43.5 Å². The van der Waals surface area contributed by atoms with Gasteiger partial charge in [-0.05, 0) is 42.5 Å². The molecule has 2 amide bonds. The van der Waals surface area contributed by atoms with Gasteiger partial charge >= 0.3 is 6.03 Å². The Kier molecular flexibility index (Phi) is 4.64. The summed E-state index contributed by atoms with van der Waals surface area (Å²) in [7, 11) is 1.57. The summed E-state index contributed by atoms with van der Waals surface area (Å²) in [6, 6.07) is 13.1. The van der Waals surface area contributed by atoms with Gasteiger partial charge in [0.2, 0.25) is 0 Å². The van der Waals surface area contributed by atoms with Gasteiger partial charge in [-0.1, -0.05) is 11.6 Å². The Morgan fingerprint density at radius 3 is 2.52 bits per heavy atom. The molecule has 0 aromatic heterocycles. The summed E-state index contributed by atoms with van der Waals surface area (Å²) in [6.45, 7) is 0. The number of amides is 2. The lowest BCUT2D eigenvalue weighted by Gasteiger charge is -2.09. The van der Waals surface area contributed by atoms with Gasteiger partial charge in [0.25, 0.3) is 0 Å². The molecule has 0 unspecified atom stereocenters. The van der Waals surface area contributed by atoms with E-state index in [-0.39, 0.29) is 0 Å². The summed E-state index contributed by atoms with van der Waals surface area (Å²) in [6.07, 6.45) is 0. The van der Waals surface area contributed by atoms with E-state index in [2.05, 4.69) is 10.6 Å². The summed E-state index contributed by atoms with van der Waals surface area (Å²) < 4.78 is 5.03. The van der Waals surface area contributed by atoms with E-state index in [0.29, 0.717) is 27.7 Å². The normalized spacial score (nSPS) is 9.57. The van der Waals surface area contributed by atoms with E-state index in [9.17, 15) is 4.79 Å². The van der Waals surface area contributed by atoms with Gasteiger partial charge in [-0.2, -0.15) is 5.26 Å². The second-order valence-electron chi connectivity index (χ2n) is 4.11. The Bertz CT molecular complexity index is 693. The number of benzene rings is 2. The molecule has 0 spiro atoms. The zero-order valence-corrected chi connectivity index (χ0v) is 11.9. The van der Waals surface area contributed by atoms with Crippen LogP contribution in [0.5, 0.6) is 5.75 Å². The van der Waals surface area contributed by atoms with Crippen molar-refractivity contribution in [1.82, 2.24) is 0 Å². The first kappa shape index (κ1) is 14.7. The first-order chi connectivity index (χ1) is 10.1. The van der Waals surface area contributed by atoms with Crippen molar-refractivity contribution >= 4 is 29.0 Å². The maximum atomic E-state index is 11.9. The number of carbonyl (C=O) groups is 1. The first-order valence-electron chi connectivity index (χ1n) is 6.04. The van der Waals surface area contributed by atoms with E-state index < -0.39 is 6.03 Å². The van der Waals surface area contributed by atoms with Crippen LogP contribution in [0.2, 0.25) is 5.02 Å². The van der Waals surface area contributed by atoms with Gasteiger partial charge in [0.15, 0.2) is 0 Å². The van der Waals surface area contributed by atoms with Gasteiger partial charge in [-0.15, -0.1) is 0 Å². The van der Waals surface area contributed by atoms with E-state index in [0.717, 1.165) is 0 Å². The minimum Gasteiger partial charge on any atom is -0.497 e. The van der Waals surface area contributed by atoms with Crippen LogP contribution in [0.25, 0.3) is 0 Å². The molecule has 2 N–H and O–H groups in total. The minimum atomic E-state index is -0.459. The van der Waals surface area contributed by atoms with Crippen molar-refractivity contribution in [1.29, 1.82) is 5.26 Å². The fourth-order valence-electron chi connectivity index (χ4n) is 1.68. The number of rotatable bonds is 3. The molecule has 21 heavy (non-hydrogen) atoms. The molecule has 6 heteroatoms. The van der Waals surface area contributed by atoms with Gasteiger partial charge in [0, 0.05) is 10.7 Å². The van der Waals surface area contributed by atoms with Crippen molar-refractivity contribution in [3.8, 4) is 11.8 Å². The molecule has 2 aromatic carbocycles. The molecule has 0 heterocycles. The second-order valence-corrected chi connectivity index (χ2v) is 4.55. The van der Waals surface area contributed by atoms with E-state index in [4.69, 9.17) is 21.6 Å². The second kappa shape index (κ2) is 6.64. The zero-order valence-electron chi connectivity index (χ0n) is 11.2. The molecule has 0 aliphatic carbocycles. The zero-order chi connectivity index (χ0) is 15.2. The molecule has 0 saturated heterocycles.